The minimum absolute atomic E-state index is 0.0312. The Morgan fingerprint density at radius 1 is 1.24 bits per heavy atom. The van der Waals surface area contributed by atoms with Crippen LogP contribution in [-0.4, -0.2) is 61.8 Å². The minimum Gasteiger partial charge on any atom is -0.481 e. The molecule has 1 amide bonds. The number of nitrogens with one attached hydrogen (secondary N) is 1. The number of carboxylic acids is 1. The molecule has 1 atom stereocenters. The summed E-state index contributed by atoms with van der Waals surface area (Å²) in [4.78, 5) is 26.2. The first-order chi connectivity index (χ1) is 12.1. The van der Waals surface area contributed by atoms with E-state index in [1.165, 1.54) is 32.1 Å². The second-order valence-electron chi connectivity index (χ2n) is 7.80. The van der Waals surface area contributed by atoms with E-state index in [2.05, 4.69) is 5.32 Å². The van der Waals surface area contributed by atoms with Crippen molar-refractivity contribution in [3.05, 3.63) is 0 Å². The van der Waals surface area contributed by atoms with Gasteiger partial charge < -0.3 is 15.2 Å². The van der Waals surface area contributed by atoms with Crippen LogP contribution in [0.15, 0.2) is 0 Å². The Balaban J connectivity index is 1.79. The van der Waals surface area contributed by atoms with Crippen LogP contribution in [0.4, 0.5) is 0 Å². The van der Waals surface area contributed by atoms with Gasteiger partial charge in [-0.3, -0.25) is 14.5 Å². The second-order valence-corrected chi connectivity index (χ2v) is 7.80. The van der Waals surface area contributed by atoms with E-state index in [4.69, 9.17) is 4.74 Å². The summed E-state index contributed by atoms with van der Waals surface area (Å²) in [6, 6.07) is 0. The summed E-state index contributed by atoms with van der Waals surface area (Å²) in [5.74, 6) is -0.0919. The smallest absolute Gasteiger partial charge is 0.310 e. The Morgan fingerprint density at radius 3 is 2.68 bits per heavy atom. The summed E-state index contributed by atoms with van der Waals surface area (Å²) in [6.07, 6.45) is 9.16. The maximum Gasteiger partial charge on any atom is 0.310 e. The predicted octanol–water partition coefficient (Wildman–Crippen LogP) is 2.28. The van der Waals surface area contributed by atoms with E-state index in [-0.39, 0.29) is 5.91 Å². The van der Waals surface area contributed by atoms with Crippen LogP contribution >= 0.6 is 0 Å². The first kappa shape index (κ1) is 20.2. The van der Waals surface area contributed by atoms with Gasteiger partial charge in [0.05, 0.1) is 12.0 Å². The number of ether oxygens (including phenoxy) is 1. The van der Waals surface area contributed by atoms with Crippen LogP contribution in [-0.2, 0) is 14.3 Å². The van der Waals surface area contributed by atoms with Gasteiger partial charge in [-0.05, 0) is 51.0 Å². The third-order valence-electron chi connectivity index (χ3n) is 5.79. The first-order valence-corrected chi connectivity index (χ1v) is 9.77. The number of carbonyl (C=O) groups is 2. The maximum absolute atomic E-state index is 12.3. The summed E-state index contributed by atoms with van der Waals surface area (Å²) in [6.45, 7) is 2.92. The number of likely N-dealkylation sites (tertiary alicyclic amines) is 1. The highest BCUT2D eigenvalue weighted by atomic mass is 16.5. The van der Waals surface area contributed by atoms with Gasteiger partial charge in [0.1, 0.15) is 0 Å². The van der Waals surface area contributed by atoms with Gasteiger partial charge in [-0.1, -0.05) is 19.3 Å². The number of carbonyl (C=O) groups excluding carboxylic acids is 1. The fourth-order valence-corrected chi connectivity index (χ4v) is 4.31. The van der Waals surface area contributed by atoms with Gasteiger partial charge in [-0.25, -0.2) is 0 Å². The summed E-state index contributed by atoms with van der Waals surface area (Å²) < 4.78 is 5.07. The van der Waals surface area contributed by atoms with E-state index in [1.807, 2.05) is 4.90 Å². The van der Waals surface area contributed by atoms with Crippen LogP contribution in [0.2, 0.25) is 0 Å². The third kappa shape index (κ3) is 6.26. The molecule has 1 saturated heterocycles. The molecule has 0 spiro atoms. The summed E-state index contributed by atoms with van der Waals surface area (Å²) in [5.41, 5.74) is -0.736. The zero-order chi connectivity index (χ0) is 18.1. The lowest BCUT2D eigenvalue weighted by Gasteiger charge is -2.39. The van der Waals surface area contributed by atoms with Crippen LogP contribution < -0.4 is 5.32 Å². The number of amides is 1. The molecule has 0 aromatic heterocycles. The SMILES string of the molecule is COCCC[C@]1(C(=O)O)CCCN(CC(=O)NCC2CCCCC2)C1. The number of carboxylic acid groups (broad SMARTS) is 1. The maximum atomic E-state index is 12.3. The quantitative estimate of drug-likeness (QED) is 0.621. The largest absolute Gasteiger partial charge is 0.481 e. The lowest BCUT2D eigenvalue weighted by Crippen LogP contribution is -2.50. The van der Waals surface area contributed by atoms with E-state index in [0.29, 0.717) is 38.5 Å². The van der Waals surface area contributed by atoms with Gasteiger partial charge in [0, 0.05) is 26.8 Å². The normalized spacial score (nSPS) is 25.6. The van der Waals surface area contributed by atoms with Crippen molar-refractivity contribution in [3.8, 4) is 0 Å². The molecule has 1 aliphatic carbocycles. The topological polar surface area (TPSA) is 78.9 Å². The monoisotopic (exact) mass is 354 g/mol. The van der Waals surface area contributed by atoms with Gasteiger partial charge in [0.25, 0.3) is 0 Å². The van der Waals surface area contributed by atoms with Crippen molar-refractivity contribution in [2.75, 3.05) is 39.9 Å². The van der Waals surface area contributed by atoms with Crippen molar-refractivity contribution < 1.29 is 19.4 Å². The molecule has 2 rings (SSSR count). The molecule has 2 fully saturated rings. The van der Waals surface area contributed by atoms with Crippen molar-refractivity contribution in [2.24, 2.45) is 11.3 Å². The summed E-state index contributed by atoms with van der Waals surface area (Å²) >= 11 is 0. The first-order valence-electron chi connectivity index (χ1n) is 9.77. The van der Waals surface area contributed by atoms with Gasteiger partial charge >= 0.3 is 5.97 Å². The number of rotatable bonds is 9. The highest BCUT2D eigenvalue weighted by molar-refractivity contribution is 5.78. The van der Waals surface area contributed by atoms with Crippen molar-refractivity contribution in [3.63, 3.8) is 0 Å². The van der Waals surface area contributed by atoms with Crippen LogP contribution in [0.1, 0.15) is 57.8 Å². The predicted molar refractivity (Wildman–Crippen MR) is 96.4 cm³/mol. The molecule has 144 valence electrons. The Hall–Kier alpha value is -1.14. The zero-order valence-electron chi connectivity index (χ0n) is 15.6. The average molecular weight is 354 g/mol. The number of nitrogens with zero attached hydrogens (tertiary/aromatic N) is 1. The molecule has 25 heavy (non-hydrogen) atoms. The fourth-order valence-electron chi connectivity index (χ4n) is 4.31. The van der Waals surface area contributed by atoms with Crippen LogP contribution in [0.25, 0.3) is 0 Å². The standard InChI is InChI=1S/C19H34N2O4/c1-25-12-6-10-19(18(23)24)9-5-11-21(15-19)14-17(22)20-13-16-7-3-2-4-8-16/h16H,2-15H2,1H3,(H,20,22)(H,23,24)/t19-/m1/s1. The van der Waals surface area contributed by atoms with E-state index in [0.717, 1.165) is 25.9 Å². The number of piperidine rings is 1. The van der Waals surface area contributed by atoms with E-state index in [1.54, 1.807) is 7.11 Å². The number of hydrogen-bond donors (Lipinski definition) is 2. The molecular weight excluding hydrogens is 320 g/mol. The molecule has 1 saturated carbocycles. The van der Waals surface area contributed by atoms with Crippen LogP contribution in [0.5, 0.6) is 0 Å². The number of aliphatic carboxylic acids is 1. The molecule has 0 unspecified atom stereocenters. The number of hydrogen-bond acceptors (Lipinski definition) is 4. The highest BCUT2D eigenvalue weighted by Crippen LogP contribution is 2.35. The zero-order valence-corrected chi connectivity index (χ0v) is 15.6. The second kappa shape index (κ2) is 10.1. The molecule has 1 heterocycles. The molecule has 0 aromatic carbocycles. The molecule has 2 N–H and O–H groups in total. The molecule has 1 aliphatic heterocycles. The Morgan fingerprint density at radius 2 is 2.00 bits per heavy atom. The van der Waals surface area contributed by atoms with Crippen molar-refractivity contribution in [2.45, 2.75) is 57.8 Å². The average Bonchev–Trinajstić information content (AvgIpc) is 2.61. The Kier molecular flexibility index (Phi) is 8.16. The Bertz CT molecular complexity index is 437. The van der Waals surface area contributed by atoms with E-state index in [9.17, 15) is 14.7 Å². The summed E-state index contributed by atoms with van der Waals surface area (Å²) in [7, 11) is 1.64. The van der Waals surface area contributed by atoms with E-state index < -0.39 is 11.4 Å². The number of methoxy groups -OCH3 is 1. The molecule has 0 bridgehead atoms. The molecular formula is C19H34N2O4. The van der Waals surface area contributed by atoms with Crippen molar-refractivity contribution in [1.82, 2.24) is 10.2 Å². The van der Waals surface area contributed by atoms with Crippen molar-refractivity contribution >= 4 is 11.9 Å². The molecule has 0 aromatic rings. The highest BCUT2D eigenvalue weighted by Gasteiger charge is 2.42. The van der Waals surface area contributed by atoms with Crippen LogP contribution in [0, 0.1) is 11.3 Å². The lowest BCUT2D eigenvalue weighted by atomic mass is 9.76. The van der Waals surface area contributed by atoms with Crippen molar-refractivity contribution in [1.29, 1.82) is 0 Å². The minimum atomic E-state index is -0.740. The van der Waals surface area contributed by atoms with Gasteiger partial charge in [0.15, 0.2) is 0 Å². The molecule has 6 heteroatoms. The molecule has 0 radical (unpaired) electrons. The van der Waals surface area contributed by atoms with Gasteiger partial charge in [-0.2, -0.15) is 0 Å². The molecule has 2 aliphatic rings. The lowest BCUT2D eigenvalue weighted by molar-refractivity contribution is -0.154. The van der Waals surface area contributed by atoms with E-state index >= 15 is 0 Å². The summed E-state index contributed by atoms with van der Waals surface area (Å²) in [5, 5.41) is 12.8. The molecule has 6 nitrogen and oxygen atoms in total. The van der Waals surface area contributed by atoms with Gasteiger partial charge in [-0.15, -0.1) is 0 Å². The van der Waals surface area contributed by atoms with Gasteiger partial charge in [0.2, 0.25) is 5.91 Å². The third-order valence-corrected chi connectivity index (χ3v) is 5.79. The fraction of sp³-hybridized carbons (Fsp3) is 0.895. The van der Waals surface area contributed by atoms with Crippen LogP contribution in [0.3, 0.4) is 0 Å². The Labute approximate surface area is 151 Å².